The van der Waals surface area contributed by atoms with E-state index >= 15 is 0 Å². The molecule has 0 saturated carbocycles. The topological polar surface area (TPSA) is 154 Å². The van der Waals surface area contributed by atoms with Crippen molar-refractivity contribution in [3.63, 3.8) is 0 Å². The van der Waals surface area contributed by atoms with Crippen molar-refractivity contribution in [2.75, 3.05) is 5.75 Å². The molecule has 19 heavy (non-hydrogen) atoms. The number of carboxylic acid groups (broad SMARTS) is 1. The first-order valence-corrected chi connectivity index (χ1v) is 5.91. The van der Waals surface area contributed by atoms with E-state index < -0.39 is 33.2 Å². The first-order chi connectivity index (χ1) is 8.82. The maximum atomic E-state index is 10.8. The third-order valence-corrected chi connectivity index (χ3v) is 3.35. The number of carbonyl (C=O) groups is 1. The van der Waals surface area contributed by atoms with E-state index in [0.717, 1.165) is 23.9 Å². The Morgan fingerprint density at radius 2 is 1.95 bits per heavy atom. The summed E-state index contributed by atoms with van der Waals surface area (Å²) in [7, 11) is 0. The van der Waals surface area contributed by atoms with Gasteiger partial charge in [0.15, 0.2) is 0 Å². The predicted molar refractivity (Wildman–Crippen MR) is 62.2 cm³/mol. The number of nitrogens with zero attached hydrogens (tertiary/aromatic N) is 2. The Bertz CT molecular complexity index is 535. The van der Waals surface area contributed by atoms with E-state index in [1.54, 1.807) is 0 Å². The van der Waals surface area contributed by atoms with Gasteiger partial charge in [-0.05, 0) is 6.07 Å². The molecule has 1 atom stereocenters. The lowest BCUT2D eigenvalue weighted by Crippen LogP contribution is -2.69. The second kappa shape index (κ2) is 6.11. The molecule has 0 aliphatic carbocycles. The van der Waals surface area contributed by atoms with Gasteiger partial charge in [0.05, 0.1) is 32.5 Å². The molecule has 0 aliphatic heterocycles. The largest absolute Gasteiger partial charge is 0.544 e. The van der Waals surface area contributed by atoms with E-state index in [-0.39, 0.29) is 10.6 Å². The Balaban J connectivity index is 2.97. The average Bonchev–Trinajstić information content (AvgIpc) is 2.35. The van der Waals surface area contributed by atoms with Gasteiger partial charge in [-0.2, -0.15) is 0 Å². The quantitative estimate of drug-likeness (QED) is 0.398. The second-order valence-corrected chi connectivity index (χ2v) is 4.56. The second-order valence-electron chi connectivity index (χ2n) is 3.49. The minimum absolute atomic E-state index is 0.0268. The minimum Gasteiger partial charge on any atom is -0.544 e. The standard InChI is InChI=1S/C9H9N3O6S/c10-6(9(13)14)4-19-8-2-1-5(11(15)16)3-7(8)12(17)18/h1-3,6H,4,10H2,(H,13,14). The van der Waals surface area contributed by atoms with Crippen LogP contribution in [0.3, 0.4) is 0 Å². The van der Waals surface area contributed by atoms with Crippen LogP contribution in [0.15, 0.2) is 23.1 Å². The zero-order valence-corrected chi connectivity index (χ0v) is 10.3. The van der Waals surface area contributed by atoms with Crippen LogP contribution in [-0.2, 0) is 4.79 Å². The van der Waals surface area contributed by atoms with E-state index in [1.807, 2.05) is 0 Å². The Labute approximate surface area is 110 Å². The van der Waals surface area contributed by atoms with Crippen molar-refractivity contribution in [3.05, 3.63) is 38.4 Å². The minimum atomic E-state index is -1.36. The van der Waals surface area contributed by atoms with Crippen molar-refractivity contribution in [1.82, 2.24) is 0 Å². The van der Waals surface area contributed by atoms with Gasteiger partial charge < -0.3 is 15.6 Å². The van der Waals surface area contributed by atoms with Crippen LogP contribution in [0, 0.1) is 20.2 Å². The summed E-state index contributed by atoms with van der Waals surface area (Å²) in [5.74, 6) is -1.39. The molecule has 1 aromatic carbocycles. The number of aliphatic carboxylic acids is 1. The highest BCUT2D eigenvalue weighted by atomic mass is 32.2. The lowest BCUT2D eigenvalue weighted by Gasteiger charge is -2.08. The van der Waals surface area contributed by atoms with Gasteiger partial charge in [0.25, 0.3) is 11.4 Å². The summed E-state index contributed by atoms with van der Waals surface area (Å²) in [6, 6.07) is 2.13. The molecule has 0 aliphatic rings. The number of nitro benzene ring substituents is 2. The van der Waals surface area contributed by atoms with E-state index in [0.29, 0.717) is 0 Å². The SMILES string of the molecule is [NH3+]C(CSc1ccc([N+](=O)[O-])cc1[N+](=O)[O-])C(=O)[O-]. The van der Waals surface area contributed by atoms with Gasteiger partial charge in [-0.25, -0.2) is 0 Å². The fraction of sp³-hybridized carbons (Fsp3) is 0.222. The Hall–Kier alpha value is -2.20. The number of carboxylic acids is 1. The molecule has 0 fully saturated rings. The number of non-ortho nitro benzene ring substituents is 1. The highest BCUT2D eigenvalue weighted by Crippen LogP contribution is 2.32. The Kier molecular flexibility index (Phi) is 4.78. The first-order valence-electron chi connectivity index (χ1n) is 4.92. The summed E-state index contributed by atoms with van der Waals surface area (Å²) in [4.78, 5) is 30.4. The molecule has 0 heterocycles. The Morgan fingerprint density at radius 3 is 2.42 bits per heavy atom. The van der Waals surface area contributed by atoms with Crippen LogP contribution >= 0.6 is 11.8 Å². The van der Waals surface area contributed by atoms with Gasteiger partial charge in [0.2, 0.25) is 0 Å². The number of carbonyl (C=O) groups excluding carboxylic acids is 1. The van der Waals surface area contributed by atoms with E-state index in [1.165, 1.54) is 6.07 Å². The van der Waals surface area contributed by atoms with Gasteiger partial charge in [-0.1, -0.05) is 0 Å². The van der Waals surface area contributed by atoms with Crippen molar-refractivity contribution in [1.29, 1.82) is 0 Å². The first kappa shape index (κ1) is 14.9. The molecule has 9 nitrogen and oxygen atoms in total. The van der Waals surface area contributed by atoms with Crippen LogP contribution in [0.4, 0.5) is 11.4 Å². The summed E-state index contributed by atoms with van der Waals surface area (Å²) in [6.07, 6.45) is 0. The number of nitro groups is 2. The molecule has 0 amide bonds. The summed E-state index contributed by atoms with van der Waals surface area (Å²) >= 11 is 0.885. The number of thioether (sulfide) groups is 1. The van der Waals surface area contributed by atoms with Gasteiger partial charge in [-0.15, -0.1) is 11.8 Å². The summed E-state index contributed by atoms with van der Waals surface area (Å²) < 4.78 is 0. The highest BCUT2D eigenvalue weighted by molar-refractivity contribution is 7.99. The molecule has 0 bridgehead atoms. The molecule has 1 aromatic rings. The normalized spacial score (nSPS) is 11.8. The van der Waals surface area contributed by atoms with E-state index in [2.05, 4.69) is 5.73 Å². The highest BCUT2D eigenvalue weighted by Gasteiger charge is 2.20. The summed E-state index contributed by atoms with van der Waals surface area (Å²) in [5, 5.41) is 31.8. The van der Waals surface area contributed by atoms with E-state index in [4.69, 9.17) is 0 Å². The van der Waals surface area contributed by atoms with Crippen LogP contribution in [0.2, 0.25) is 0 Å². The van der Waals surface area contributed by atoms with Crippen molar-refractivity contribution in [2.45, 2.75) is 10.9 Å². The molecule has 102 valence electrons. The number of hydrogen-bond acceptors (Lipinski definition) is 7. The van der Waals surface area contributed by atoms with Gasteiger partial charge in [0, 0.05) is 6.07 Å². The van der Waals surface area contributed by atoms with Gasteiger partial charge in [0.1, 0.15) is 6.04 Å². The number of benzene rings is 1. The molecule has 1 rings (SSSR count). The monoisotopic (exact) mass is 287 g/mol. The molecule has 0 aromatic heterocycles. The molecule has 3 N–H and O–H groups in total. The molecule has 1 unspecified atom stereocenters. The van der Waals surface area contributed by atoms with Crippen LogP contribution < -0.4 is 10.8 Å². The Morgan fingerprint density at radius 1 is 1.32 bits per heavy atom. The van der Waals surface area contributed by atoms with Crippen LogP contribution in [-0.4, -0.2) is 27.6 Å². The molecule has 0 spiro atoms. The third kappa shape index (κ3) is 3.89. The average molecular weight is 287 g/mol. The van der Waals surface area contributed by atoms with Crippen molar-refractivity contribution >= 4 is 29.1 Å². The van der Waals surface area contributed by atoms with Crippen LogP contribution in [0.1, 0.15) is 0 Å². The van der Waals surface area contributed by atoms with Crippen LogP contribution in [0.5, 0.6) is 0 Å². The lowest BCUT2D eigenvalue weighted by atomic mass is 10.3. The number of quaternary nitrogens is 1. The third-order valence-electron chi connectivity index (χ3n) is 2.12. The lowest BCUT2D eigenvalue weighted by molar-refractivity contribution is -0.431. The molecule has 0 saturated heterocycles. The zero-order chi connectivity index (χ0) is 14.6. The maximum Gasteiger partial charge on any atom is 0.289 e. The molecular weight excluding hydrogens is 278 g/mol. The summed E-state index contributed by atoms with van der Waals surface area (Å²) in [6.45, 7) is 0. The molecular formula is C9H9N3O6S. The maximum absolute atomic E-state index is 10.8. The smallest absolute Gasteiger partial charge is 0.289 e. The predicted octanol–water partition coefficient (Wildman–Crippen LogP) is -1.04. The summed E-state index contributed by atoms with van der Waals surface area (Å²) in [5.41, 5.74) is 2.47. The molecule has 0 radical (unpaired) electrons. The van der Waals surface area contributed by atoms with Gasteiger partial charge in [-0.3, -0.25) is 20.2 Å². The number of rotatable bonds is 6. The van der Waals surface area contributed by atoms with Gasteiger partial charge >= 0.3 is 0 Å². The fourth-order valence-electron chi connectivity index (χ4n) is 1.14. The molecule has 10 heteroatoms. The zero-order valence-electron chi connectivity index (χ0n) is 9.48. The van der Waals surface area contributed by atoms with Crippen LogP contribution in [0.25, 0.3) is 0 Å². The van der Waals surface area contributed by atoms with Crippen molar-refractivity contribution < 1.29 is 25.5 Å². The number of hydrogen-bond donors (Lipinski definition) is 1. The fourth-order valence-corrected chi connectivity index (χ4v) is 2.10. The van der Waals surface area contributed by atoms with Crippen molar-refractivity contribution in [3.8, 4) is 0 Å². The van der Waals surface area contributed by atoms with E-state index in [9.17, 15) is 30.1 Å². The van der Waals surface area contributed by atoms with Crippen molar-refractivity contribution in [2.24, 2.45) is 0 Å².